The van der Waals surface area contributed by atoms with Gasteiger partial charge in [0, 0.05) is 23.5 Å². The molecule has 0 saturated carbocycles. The molecule has 4 rings (SSSR count). The van der Waals surface area contributed by atoms with Gasteiger partial charge in [-0.1, -0.05) is 35.0 Å². The van der Waals surface area contributed by atoms with Gasteiger partial charge in [0.1, 0.15) is 0 Å². The van der Waals surface area contributed by atoms with Crippen LogP contribution in [0, 0.1) is 0 Å². The third-order valence-electron chi connectivity index (χ3n) is 5.53. The number of nitrogens with zero attached hydrogens (tertiary/aromatic N) is 3. The van der Waals surface area contributed by atoms with Crippen LogP contribution in [-0.2, 0) is 11.8 Å². The van der Waals surface area contributed by atoms with Gasteiger partial charge in [-0.15, -0.1) is 0 Å². The minimum Gasteiger partial charge on any atom is -0.395 e. The number of carbonyl (C=O) groups is 1. The molecule has 0 spiro atoms. The number of aliphatic hydroxyl groups excluding tert-OH is 1. The van der Waals surface area contributed by atoms with Crippen LogP contribution in [-0.4, -0.2) is 38.3 Å². The Morgan fingerprint density at radius 2 is 1.97 bits per heavy atom. The maximum atomic E-state index is 13.1. The summed E-state index contributed by atoms with van der Waals surface area (Å²) in [6.45, 7) is 2.09. The smallest absolute Gasteiger partial charge is 0.333 e. The highest BCUT2D eigenvalue weighted by atomic mass is 79.9. The number of aliphatic hydroxyl groups is 1. The van der Waals surface area contributed by atoms with Crippen LogP contribution in [0.1, 0.15) is 24.8 Å². The average molecular weight is 483 g/mol. The first-order valence-corrected chi connectivity index (χ1v) is 10.9. The molecule has 2 heterocycles. The van der Waals surface area contributed by atoms with Gasteiger partial charge < -0.3 is 10.4 Å². The van der Waals surface area contributed by atoms with Gasteiger partial charge in [0.2, 0.25) is 5.91 Å². The van der Waals surface area contributed by atoms with E-state index in [1.54, 1.807) is 22.4 Å². The van der Waals surface area contributed by atoms with E-state index in [-0.39, 0.29) is 30.7 Å². The molecule has 0 bridgehead atoms. The van der Waals surface area contributed by atoms with E-state index in [1.165, 1.54) is 0 Å². The topological polar surface area (TPSA) is 89.1 Å². The second-order valence-corrected chi connectivity index (χ2v) is 8.31. The molecule has 2 N–H and O–H groups in total. The number of halogens is 1. The molecule has 1 unspecified atom stereocenters. The fourth-order valence-corrected chi connectivity index (χ4v) is 4.30. The van der Waals surface area contributed by atoms with E-state index in [4.69, 9.17) is 5.11 Å². The quantitative estimate of drug-likeness (QED) is 0.441. The van der Waals surface area contributed by atoms with Gasteiger partial charge in [-0.25, -0.2) is 4.79 Å². The number of amides is 1. The minimum absolute atomic E-state index is 0.0932. The van der Waals surface area contributed by atoms with Gasteiger partial charge in [0.15, 0.2) is 0 Å². The largest absolute Gasteiger partial charge is 0.395 e. The Bertz CT molecular complexity index is 1320. The van der Waals surface area contributed by atoms with E-state index in [0.717, 1.165) is 37.7 Å². The second kappa shape index (κ2) is 8.64. The van der Waals surface area contributed by atoms with Crippen LogP contribution in [0.3, 0.4) is 0 Å². The van der Waals surface area contributed by atoms with Gasteiger partial charge in [-0.05, 0) is 42.3 Å². The summed E-state index contributed by atoms with van der Waals surface area (Å²) in [5.74, 6) is -0.431. The van der Waals surface area contributed by atoms with Crippen LogP contribution in [0.25, 0.3) is 27.6 Å². The van der Waals surface area contributed by atoms with E-state index in [1.807, 2.05) is 49.4 Å². The first-order chi connectivity index (χ1) is 15.0. The molecule has 0 radical (unpaired) electrons. The molecule has 8 heteroatoms. The van der Waals surface area contributed by atoms with Crippen LogP contribution in [0.4, 0.5) is 0 Å². The number of carbonyl (C=O) groups excluding carboxylic acids is 1. The summed E-state index contributed by atoms with van der Waals surface area (Å²) >= 11 is 3.51. The lowest BCUT2D eigenvalue weighted by atomic mass is 9.95. The monoisotopic (exact) mass is 482 g/mol. The highest BCUT2D eigenvalue weighted by Crippen LogP contribution is 2.28. The number of imidazole rings is 1. The minimum atomic E-state index is -0.314. The molecular formula is C23H23BrN4O3. The van der Waals surface area contributed by atoms with Gasteiger partial charge in [0.05, 0.1) is 41.0 Å². The predicted octanol–water partition coefficient (Wildman–Crippen LogP) is 3.24. The lowest BCUT2D eigenvalue weighted by Gasteiger charge is -2.16. The SMILES string of the molecule is CCC(C(=O)NCCO)c1ccc(-n2c(=O)n(C)c3cnc4ccc(Br)cc4c32)cc1. The second-order valence-electron chi connectivity index (χ2n) is 7.40. The Balaban J connectivity index is 1.84. The zero-order valence-corrected chi connectivity index (χ0v) is 18.9. The maximum absolute atomic E-state index is 13.1. The molecule has 0 fully saturated rings. The van der Waals surface area contributed by atoms with Gasteiger partial charge in [-0.3, -0.25) is 18.9 Å². The summed E-state index contributed by atoms with van der Waals surface area (Å²) in [5.41, 5.74) is 3.76. The zero-order chi connectivity index (χ0) is 22.1. The van der Waals surface area contributed by atoms with Crippen molar-refractivity contribution in [3.8, 4) is 5.69 Å². The Labute approximate surface area is 187 Å². The Morgan fingerprint density at radius 3 is 2.65 bits per heavy atom. The number of aromatic nitrogens is 3. The molecular weight excluding hydrogens is 460 g/mol. The van der Waals surface area contributed by atoms with Crippen LogP contribution in [0.2, 0.25) is 0 Å². The summed E-state index contributed by atoms with van der Waals surface area (Å²) in [5, 5.41) is 12.6. The third-order valence-corrected chi connectivity index (χ3v) is 6.03. The van der Waals surface area contributed by atoms with Gasteiger partial charge in [-0.2, -0.15) is 0 Å². The summed E-state index contributed by atoms with van der Waals surface area (Å²) in [7, 11) is 1.74. The average Bonchev–Trinajstić information content (AvgIpc) is 3.04. The van der Waals surface area contributed by atoms with E-state index >= 15 is 0 Å². The fourth-order valence-electron chi connectivity index (χ4n) is 3.94. The summed E-state index contributed by atoms with van der Waals surface area (Å²) < 4.78 is 4.18. The molecule has 7 nitrogen and oxygen atoms in total. The van der Waals surface area contributed by atoms with Crippen molar-refractivity contribution in [2.24, 2.45) is 7.05 Å². The number of hydrogen-bond acceptors (Lipinski definition) is 4. The van der Waals surface area contributed by atoms with Crippen molar-refractivity contribution in [3.05, 3.63) is 69.2 Å². The van der Waals surface area contributed by atoms with E-state index in [0.29, 0.717) is 6.42 Å². The summed E-state index contributed by atoms with van der Waals surface area (Å²) in [4.78, 5) is 30.0. The summed E-state index contributed by atoms with van der Waals surface area (Å²) in [6.07, 6.45) is 2.35. The zero-order valence-electron chi connectivity index (χ0n) is 17.3. The van der Waals surface area contributed by atoms with Gasteiger partial charge >= 0.3 is 5.69 Å². The molecule has 1 atom stereocenters. The van der Waals surface area contributed by atoms with E-state index in [2.05, 4.69) is 26.2 Å². The standard InChI is InChI=1S/C23H23BrN4O3/c1-3-17(22(30)25-10-11-29)14-4-7-16(8-5-14)28-21-18-12-15(24)6-9-19(18)26-13-20(21)27(2)23(28)31/h4-9,12-13,17,29H,3,10-11H2,1-2H3,(H,25,30). The number of aryl methyl sites for hydroxylation is 1. The molecule has 0 saturated heterocycles. The normalized spacial score (nSPS) is 12.4. The Hall–Kier alpha value is -2.97. The van der Waals surface area contributed by atoms with Crippen molar-refractivity contribution >= 4 is 43.8 Å². The summed E-state index contributed by atoms with van der Waals surface area (Å²) in [6, 6.07) is 13.3. The third kappa shape index (κ3) is 3.77. The van der Waals surface area contributed by atoms with Crippen molar-refractivity contribution in [1.29, 1.82) is 0 Å². The van der Waals surface area contributed by atoms with E-state index < -0.39 is 0 Å². The molecule has 2 aromatic heterocycles. The first-order valence-electron chi connectivity index (χ1n) is 10.1. The fraction of sp³-hybridized carbons (Fsp3) is 0.261. The highest BCUT2D eigenvalue weighted by Gasteiger charge is 2.20. The number of rotatable bonds is 6. The molecule has 0 aliphatic rings. The molecule has 160 valence electrons. The molecule has 0 aliphatic carbocycles. The molecule has 2 aromatic carbocycles. The van der Waals surface area contributed by atoms with Crippen LogP contribution < -0.4 is 11.0 Å². The van der Waals surface area contributed by atoms with Crippen molar-refractivity contribution in [3.63, 3.8) is 0 Å². The van der Waals surface area contributed by atoms with Crippen molar-refractivity contribution in [2.75, 3.05) is 13.2 Å². The number of hydrogen-bond donors (Lipinski definition) is 2. The Kier molecular flexibility index (Phi) is 5.93. The number of benzene rings is 2. The van der Waals surface area contributed by atoms with Crippen molar-refractivity contribution in [2.45, 2.75) is 19.3 Å². The van der Waals surface area contributed by atoms with Crippen molar-refractivity contribution in [1.82, 2.24) is 19.4 Å². The number of nitrogens with one attached hydrogen (secondary N) is 1. The molecule has 1 amide bonds. The molecule has 31 heavy (non-hydrogen) atoms. The van der Waals surface area contributed by atoms with Crippen LogP contribution >= 0.6 is 15.9 Å². The van der Waals surface area contributed by atoms with E-state index in [9.17, 15) is 9.59 Å². The lowest BCUT2D eigenvalue weighted by molar-refractivity contribution is -0.122. The first kappa shape index (κ1) is 21.3. The predicted molar refractivity (Wildman–Crippen MR) is 125 cm³/mol. The van der Waals surface area contributed by atoms with Crippen LogP contribution in [0.15, 0.2) is 57.9 Å². The lowest BCUT2D eigenvalue weighted by Crippen LogP contribution is -2.31. The van der Waals surface area contributed by atoms with Crippen LogP contribution in [0.5, 0.6) is 0 Å². The maximum Gasteiger partial charge on any atom is 0.333 e. The number of fused-ring (bicyclic) bond motifs is 3. The highest BCUT2D eigenvalue weighted by molar-refractivity contribution is 9.10. The van der Waals surface area contributed by atoms with Crippen molar-refractivity contribution < 1.29 is 9.90 Å². The van der Waals surface area contributed by atoms with Gasteiger partial charge in [0.25, 0.3) is 0 Å². The molecule has 4 aromatic rings. The molecule has 0 aliphatic heterocycles. The number of pyridine rings is 1. The Morgan fingerprint density at radius 1 is 1.23 bits per heavy atom.